The summed E-state index contributed by atoms with van der Waals surface area (Å²) in [6.07, 6.45) is 0. The molecule has 13 heavy (non-hydrogen) atoms. The van der Waals surface area contributed by atoms with Crippen molar-refractivity contribution in [1.29, 1.82) is 0 Å². The molecule has 0 aromatic heterocycles. The van der Waals surface area contributed by atoms with E-state index in [1.807, 2.05) is 0 Å². The first kappa shape index (κ1) is 8.06. The van der Waals surface area contributed by atoms with Gasteiger partial charge in [0.25, 0.3) is 0 Å². The van der Waals surface area contributed by atoms with Crippen molar-refractivity contribution in [3.63, 3.8) is 0 Å². The molecule has 1 aromatic carbocycles. The Morgan fingerprint density at radius 3 is 2.77 bits per heavy atom. The molecular weight excluding hydrogens is 182 g/mol. The number of benzene rings is 1. The molecule has 6 heteroatoms. The van der Waals surface area contributed by atoms with Crippen LogP contribution in [-0.4, -0.2) is 12.2 Å². The zero-order valence-electron chi connectivity index (χ0n) is 6.46. The SMILES string of the molecule is FN(F)Nc1ccc2c(c1)OCO2. The van der Waals surface area contributed by atoms with Crippen molar-refractivity contribution in [3.05, 3.63) is 18.2 Å². The first-order valence-corrected chi connectivity index (χ1v) is 3.54. The summed E-state index contributed by atoms with van der Waals surface area (Å²) in [4.78, 5) is 0. The zero-order chi connectivity index (χ0) is 9.26. The maximum atomic E-state index is 11.7. The van der Waals surface area contributed by atoms with Crippen molar-refractivity contribution in [1.82, 2.24) is 5.45 Å². The number of nitrogens with one attached hydrogen (secondary N) is 1. The van der Waals surface area contributed by atoms with E-state index in [4.69, 9.17) is 9.47 Å². The molecule has 2 rings (SSSR count). The Morgan fingerprint density at radius 1 is 1.23 bits per heavy atom. The van der Waals surface area contributed by atoms with Crippen molar-refractivity contribution >= 4 is 5.69 Å². The summed E-state index contributed by atoms with van der Waals surface area (Å²) in [5.74, 6) is 1.03. The van der Waals surface area contributed by atoms with E-state index in [1.165, 1.54) is 12.1 Å². The summed E-state index contributed by atoms with van der Waals surface area (Å²) in [6, 6.07) is 4.47. The van der Waals surface area contributed by atoms with Gasteiger partial charge in [-0.05, 0) is 12.1 Å². The maximum Gasteiger partial charge on any atom is 0.231 e. The van der Waals surface area contributed by atoms with Gasteiger partial charge in [0.2, 0.25) is 6.79 Å². The molecule has 0 spiro atoms. The van der Waals surface area contributed by atoms with Crippen LogP contribution in [0.3, 0.4) is 0 Å². The monoisotopic (exact) mass is 188 g/mol. The van der Waals surface area contributed by atoms with Gasteiger partial charge in [-0.15, -0.1) is 0 Å². The minimum Gasteiger partial charge on any atom is -0.454 e. The molecule has 70 valence electrons. The van der Waals surface area contributed by atoms with Crippen LogP contribution >= 0.6 is 0 Å². The highest BCUT2D eigenvalue weighted by molar-refractivity contribution is 5.54. The van der Waals surface area contributed by atoms with Gasteiger partial charge in [-0.25, -0.2) is 0 Å². The van der Waals surface area contributed by atoms with E-state index in [0.29, 0.717) is 11.5 Å². The molecule has 0 unspecified atom stereocenters. The molecule has 1 heterocycles. The summed E-state index contributed by atoms with van der Waals surface area (Å²) in [6.45, 7) is 0.133. The Kier molecular flexibility index (Phi) is 1.90. The predicted molar refractivity (Wildman–Crippen MR) is 40.2 cm³/mol. The van der Waals surface area contributed by atoms with Gasteiger partial charge in [0.05, 0.1) is 5.69 Å². The van der Waals surface area contributed by atoms with Crippen molar-refractivity contribution in [3.8, 4) is 11.5 Å². The molecule has 0 amide bonds. The van der Waals surface area contributed by atoms with E-state index < -0.39 is 5.45 Å². The lowest BCUT2D eigenvalue weighted by Gasteiger charge is -2.05. The van der Waals surface area contributed by atoms with Crippen LogP contribution < -0.4 is 14.9 Å². The van der Waals surface area contributed by atoms with Gasteiger partial charge in [0.15, 0.2) is 11.5 Å². The average molecular weight is 188 g/mol. The Morgan fingerprint density at radius 2 is 2.00 bits per heavy atom. The van der Waals surface area contributed by atoms with Crippen LogP contribution in [0.2, 0.25) is 0 Å². The van der Waals surface area contributed by atoms with Crippen LogP contribution in [-0.2, 0) is 0 Å². The summed E-state index contributed by atoms with van der Waals surface area (Å²) < 4.78 is 33.4. The molecular formula is C7H6F2N2O2. The number of nitrogens with zero attached hydrogens (tertiary/aromatic N) is 1. The fraction of sp³-hybridized carbons (Fsp3) is 0.143. The first-order valence-electron chi connectivity index (χ1n) is 3.54. The lowest BCUT2D eigenvalue weighted by atomic mass is 10.3. The Hall–Kier alpha value is -1.56. The van der Waals surface area contributed by atoms with E-state index in [0.717, 1.165) is 0 Å². The van der Waals surface area contributed by atoms with E-state index in [1.54, 1.807) is 11.5 Å². The van der Waals surface area contributed by atoms with Crippen LogP contribution in [0.1, 0.15) is 0 Å². The van der Waals surface area contributed by atoms with Gasteiger partial charge in [-0.3, -0.25) is 5.43 Å². The van der Waals surface area contributed by atoms with Crippen LogP contribution in [0.25, 0.3) is 0 Å². The van der Waals surface area contributed by atoms with Crippen molar-refractivity contribution in [2.45, 2.75) is 0 Å². The third-order valence-electron chi connectivity index (χ3n) is 1.59. The minimum absolute atomic E-state index is 0.133. The Balaban J connectivity index is 2.21. The van der Waals surface area contributed by atoms with Crippen molar-refractivity contribution in [2.24, 2.45) is 0 Å². The van der Waals surface area contributed by atoms with E-state index in [-0.39, 0.29) is 12.5 Å². The third-order valence-corrected chi connectivity index (χ3v) is 1.59. The lowest BCUT2D eigenvalue weighted by Crippen LogP contribution is -2.09. The molecule has 0 fully saturated rings. The first-order chi connectivity index (χ1) is 6.25. The smallest absolute Gasteiger partial charge is 0.231 e. The van der Waals surface area contributed by atoms with Crippen LogP contribution in [0, 0.1) is 0 Å². The predicted octanol–water partition coefficient (Wildman–Crippen LogP) is 1.81. The molecule has 1 aliphatic rings. The van der Waals surface area contributed by atoms with Crippen LogP contribution in [0.4, 0.5) is 14.6 Å². The quantitative estimate of drug-likeness (QED) is 0.566. The van der Waals surface area contributed by atoms with Crippen molar-refractivity contribution in [2.75, 3.05) is 12.2 Å². The second-order valence-corrected chi connectivity index (χ2v) is 2.41. The normalized spacial score (nSPS) is 13.5. The number of halogens is 2. The number of anilines is 1. The molecule has 1 aromatic rings. The van der Waals surface area contributed by atoms with Crippen LogP contribution in [0.5, 0.6) is 11.5 Å². The van der Waals surface area contributed by atoms with Gasteiger partial charge in [-0.1, -0.05) is 8.96 Å². The highest BCUT2D eigenvalue weighted by Gasteiger charge is 2.13. The summed E-state index contributed by atoms with van der Waals surface area (Å²) >= 11 is 0. The molecule has 0 aliphatic carbocycles. The molecule has 0 atom stereocenters. The van der Waals surface area contributed by atoms with Gasteiger partial charge >= 0.3 is 0 Å². The molecule has 0 radical (unpaired) electrons. The average Bonchev–Trinajstić information content (AvgIpc) is 2.49. The number of hydrogen-bond acceptors (Lipinski definition) is 4. The van der Waals surface area contributed by atoms with Gasteiger partial charge in [-0.2, -0.15) is 0 Å². The fourth-order valence-corrected chi connectivity index (χ4v) is 1.06. The number of hydrazine groups is 1. The standard InChI is InChI=1S/C7H6F2N2O2/c8-11(9)10-5-1-2-6-7(3-5)13-4-12-6/h1-3,10H,4H2. The third kappa shape index (κ3) is 1.62. The maximum absolute atomic E-state index is 11.7. The van der Waals surface area contributed by atoms with Crippen molar-refractivity contribution < 1.29 is 18.4 Å². The van der Waals surface area contributed by atoms with E-state index in [2.05, 4.69) is 0 Å². The lowest BCUT2D eigenvalue weighted by molar-refractivity contribution is -0.127. The largest absolute Gasteiger partial charge is 0.454 e. The molecule has 0 saturated heterocycles. The molecule has 4 nitrogen and oxygen atoms in total. The van der Waals surface area contributed by atoms with Gasteiger partial charge in [0, 0.05) is 6.07 Å². The second-order valence-electron chi connectivity index (χ2n) is 2.41. The number of hydrogen-bond donors (Lipinski definition) is 1. The number of fused-ring (bicyclic) bond motifs is 1. The van der Waals surface area contributed by atoms with Crippen LogP contribution in [0.15, 0.2) is 18.2 Å². The van der Waals surface area contributed by atoms with Gasteiger partial charge in [0.1, 0.15) is 5.45 Å². The highest BCUT2D eigenvalue weighted by atomic mass is 19.4. The fourth-order valence-electron chi connectivity index (χ4n) is 1.06. The topological polar surface area (TPSA) is 33.7 Å². The number of rotatable bonds is 2. The summed E-state index contributed by atoms with van der Waals surface area (Å²) in [5.41, 5.74) is 0.916. The van der Waals surface area contributed by atoms with E-state index in [9.17, 15) is 8.96 Å². The molecule has 1 N–H and O–H groups in total. The number of ether oxygens (including phenoxy) is 2. The Labute approximate surface area is 72.5 Å². The Bertz CT molecular complexity index is 319. The summed E-state index contributed by atoms with van der Waals surface area (Å²) in [5, 5.41) is 0. The molecule has 0 bridgehead atoms. The van der Waals surface area contributed by atoms with Gasteiger partial charge < -0.3 is 9.47 Å². The minimum atomic E-state index is -1.13. The zero-order valence-corrected chi connectivity index (χ0v) is 6.46. The summed E-state index contributed by atoms with van der Waals surface area (Å²) in [7, 11) is 0. The van der Waals surface area contributed by atoms with E-state index >= 15 is 0 Å². The second kappa shape index (κ2) is 3.06. The molecule has 1 aliphatic heterocycles. The molecule has 0 saturated carbocycles. The highest BCUT2D eigenvalue weighted by Crippen LogP contribution is 2.34.